The van der Waals surface area contributed by atoms with E-state index in [1.807, 2.05) is 32.0 Å². The molecule has 1 aliphatic rings. The van der Waals surface area contributed by atoms with Gasteiger partial charge in [0, 0.05) is 12.0 Å². The maximum atomic E-state index is 5.84. The second-order valence-electron chi connectivity index (χ2n) is 4.21. The molecule has 0 amide bonds. The molecule has 2 nitrogen and oxygen atoms in total. The lowest BCUT2D eigenvalue weighted by molar-refractivity contribution is 0.240. The first-order valence-electron chi connectivity index (χ1n) is 5.19. The predicted molar refractivity (Wildman–Crippen MR) is 57.5 cm³/mol. The van der Waals surface area contributed by atoms with Crippen LogP contribution in [0.2, 0.25) is 0 Å². The minimum absolute atomic E-state index is 0.228. The van der Waals surface area contributed by atoms with Gasteiger partial charge in [-0.2, -0.15) is 0 Å². The Bertz CT molecular complexity index is 322. The van der Waals surface area contributed by atoms with Crippen LogP contribution in [0.3, 0.4) is 0 Å². The lowest BCUT2D eigenvalue weighted by Crippen LogP contribution is -2.08. The third-order valence-electron chi connectivity index (χ3n) is 2.52. The summed E-state index contributed by atoms with van der Waals surface area (Å²) in [5, 5.41) is 0. The second-order valence-corrected chi connectivity index (χ2v) is 4.21. The second kappa shape index (κ2) is 3.62. The fourth-order valence-corrected chi connectivity index (χ4v) is 1.72. The van der Waals surface area contributed by atoms with Gasteiger partial charge in [-0.1, -0.05) is 18.2 Å². The van der Waals surface area contributed by atoms with Crippen LogP contribution in [0.15, 0.2) is 24.3 Å². The number of benzene rings is 1. The van der Waals surface area contributed by atoms with E-state index >= 15 is 0 Å². The van der Waals surface area contributed by atoms with Crippen molar-refractivity contribution < 1.29 is 4.74 Å². The number of rotatable bonds is 3. The van der Waals surface area contributed by atoms with E-state index < -0.39 is 0 Å². The number of hydrogen-bond acceptors (Lipinski definition) is 2. The minimum Gasteiger partial charge on any atom is -0.491 e. The molecule has 2 heteroatoms. The van der Waals surface area contributed by atoms with E-state index in [0.717, 1.165) is 12.2 Å². The summed E-state index contributed by atoms with van der Waals surface area (Å²) in [6.45, 7) is 4.09. The molecule has 0 radical (unpaired) electrons. The molecular weight excluding hydrogens is 174 g/mol. The summed E-state index contributed by atoms with van der Waals surface area (Å²) < 4.78 is 5.74. The van der Waals surface area contributed by atoms with E-state index in [2.05, 4.69) is 6.07 Å². The SMILES string of the molecule is CC(C)Oc1ccccc1C1CC1N. The highest BCUT2D eigenvalue weighted by Gasteiger charge is 2.36. The lowest BCUT2D eigenvalue weighted by atomic mass is 10.1. The minimum atomic E-state index is 0.228. The first-order chi connectivity index (χ1) is 6.68. The van der Waals surface area contributed by atoms with Gasteiger partial charge in [-0.15, -0.1) is 0 Å². The van der Waals surface area contributed by atoms with Crippen molar-refractivity contribution in [3.8, 4) is 5.75 Å². The van der Waals surface area contributed by atoms with Crippen molar-refractivity contribution >= 4 is 0 Å². The molecule has 2 unspecified atom stereocenters. The molecule has 0 saturated heterocycles. The first-order valence-corrected chi connectivity index (χ1v) is 5.19. The predicted octanol–water partition coefficient (Wildman–Crippen LogP) is 2.29. The van der Waals surface area contributed by atoms with Gasteiger partial charge < -0.3 is 10.5 Å². The topological polar surface area (TPSA) is 35.2 Å². The highest BCUT2D eigenvalue weighted by molar-refractivity contribution is 5.40. The maximum Gasteiger partial charge on any atom is 0.123 e. The molecule has 1 aliphatic carbocycles. The molecule has 2 rings (SSSR count). The first kappa shape index (κ1) is 9.53. The number of hydrogen-bond donors (Lipinski definition) is 1. The quantitative estimate of drug-likeness (QED) is 0.795. The van der Waals surface area contributed by atoms with Crippen LogP contribution in [0.25, 0.3) is 0 Å². The Labute approximate surface area is 85.1 Å². The van der Waals surface area contributed by atoms with Crippen molar-refractivity contribution in [2.75, 3.05) is 0 Å². The van der Waals surface area contributed by atoms with Crippen molar-refractivity contribution in [1.29, 1.82) is 0 Å². The Kier molecular flexibility index (Phi) is 2.46. The normalized spacial score (nSPS) is 25.1. The molecule has 2 atom stereocenters. The van der Waals surface area contributed by atoms with Crippen molar-refractivity contribution in [3.05, 3.63) is 29.8 Å². The Balaban J connectivity index is 2.20. The van der Waals surface area contributed by atoms with Crippen molar-refractivity contribution in [2.45, 2.75) is 38.3 Å². The van der Waals surface area contributed by atoms with Gasteiger partial charge >= 0.3 is 0 Å². The molecule has 1 aromatic carbocycles. The number of nitrogens with two attached hydrogens (primary N) is 1. The summed E-state index contributed by atoms with van der Waals surface area (Å²) >= 11 is 0. The average molecular weight is 191 g/mol. The standard InChI is InChI=1S/C12H17NO/c1-8(2)14-12-6-4-3-5-9(12)10-7-11(10)13/h3-6,8,10-11H,7,13H2,1-2H3. The number of ether oxygens (including phenoxy) is 1. The third-order valence-corrected chi connectivity index (χ3v) is 2.52. The molecule has 76 valence electrons. The molecule has 0 spiro atoms. The Hall–Kier alpha value is -1.02. The van der Waals surface area contributed by atoms with E-state index in [1.165, 1.54) is 5.56 Å². The van der Waals surface area contributed by atoms with Gasteiger partial charge in [-0.3, -0.25) is 0 Å². The zero-order chi connectivity index (χ0) is 10.1. The summed E-state index contributed by atoms with van der Waals surface area (Å²) in [5.41, 5.74) is 7.11. The van der Waals surface area contributed by atoms with Crippen LogP contribution < -0.4 is 10.5 Å². The molecular formula is C12H17NO. The fourth-order valence-electron chi connectivity index (χ4n) is 1.72. The van der Waals surface area contributed by atoms with E-state index in [9.17, 15) is 0 Å². The highest BCUT2D eigenvalue weighted by atomic mass is 16.5. The van der Waals surface area contributed by atoms with Gasteiger partial charge in [0.05, 0.1) is 6.10 Å². The summed E-state index contributed by atoms with van der Waals surface area (Å²) in [5.74, 6) is 1.52. The zero-order valence-corrected chi connectivity index (χ0v) is 8.73. The lowest BCUT2D eigenvalue weighted by Gasteiger charge is -2.13. The molecule has 0 aliphatic heterocycles. The summed E-state index contributed by atoms with van der Waals surface area (Å²) in [6.07, 6.45) is 1.32. The van der Waals surface area contributed by atoms with E-state index in [-0.39, 0.29) is 6.10 Å². The molecule has 0 bridgehead atoms. The van der Waals surface area contributed by atoms with Gasteiger partial charge in [0.1, 0.15) is 5.75 Å². The van der Waals surface area contributed by atoms with Gasteiger partial charge in [0.15, 0.2) is 0 Å². The monoisotopic (exact) mass is 191 g/mol. The van der Waals surface area contributed by atoms with Crippen LogP contribution in [0, 0.1) is 0 Å². The third kappa shape index (κ3) is 1.90. The molecule has 2 N–H and O–H groups in total. The Morgan fingerprint density at radius 3 is 2.57 bits per heavy atom. The van der Waals surface area contributed by atoms with Crippen LogP contribution in [0.5, 0.6) is 5.75 Å². The molecule has 14 heavy (non-hydrogen) atoms. The van der Waals surface area contributed by atoms with E-state index in [1.54, 1.807) is 0 Å². The average Bonchev–Trinajstić information content (AvgIpc) is 2.82. The largest absolute Gasteiger partial charge is 0.491 e. The molecule has 1 saturated carbocycles. The van der Waals surface area contributed by atoms with Crippen LogP contribution in [0.1, 0.15) is 31.7 Å². The smallest absolute Gasteiger partial charge is 0.123 e. The van der Waals surface area contributed by atoms with Crippen LogP contribution in [-0.2, 0) is 0 Å². The Morgan fingerprint density at radius 1 is 1.36 bits per heavy atom. The fraction of sp³-hybridized carbons (Fsp3) is 0.500. The molecule has 0 heterocycles. The van der Waals surface area contributed by atoms with Crippen molar-refractivity contribution in [1.82, 2.24) is 0 Å². The van der Waals surface area contributed by atoms with Crippen molar-refractivity contribution in [2.24, 2.45) is 5.73 Å². The Morgan fingerprint density at radius 2 is 2.00 bits per heavy atom. The summed E-state index contributed by atoms with van der Waals surface area (Å²) in [6, 6.07) is 8.55. The van der Waals surface area contributed by atoms with Crippen LogP contribution in [-0.4, -0.2) is 12.1 Å². The molecule has 0 aromatic heterocycles. The van der Waals surface area contributed by atoms with Gasteiger partial charge in [-0.05, 0) is 31.9 Å². The number of para-hydroxylation sites is 1. The van der Waals surface area contributed by atoms with Gasteiger partial charge in [-0.25, -0.2) is 0 Å². The van der Waals surface area contributed by atoms with E-state index in [4.69, 9.17) is 10.5 Å². The van der Waals surface area contributed by atoms with Gasteiger partial charge in [0.2, 0.25) is 0 Å². The highest BCUT2D eigenvalue weighted by Crippen LogP contribution is 2.43. The van der Waals surface area contributed by atoms with Gasteiger partial charge in [0.25, 0.3) is 0 Å². The van der Waals surface area contributed by atoms with Crippen LogP contribution in [0.4, 0.5) is 0 Å². The van der Waals surface area contributed by atoms with Crippen molar-refractivity contribution in [3.63, 3.8) is 0 Å². The molecule has 1 fully saturated rings. The summed E-state index contributed by atoms with van der Waals surface area (Å²) in [4.78, 5) is 0. The zero-order valence-electron chi connectivity index (χ0n) is 8.73. The van der Waals surface area contributed by atoms with Crippen LogP contribution >= 0.6 is 0 Å². The molecule has 1 aromatic rings. The summed E-state index contributed by atoms with van der Waals surface area (Å²) in [7, 11) is 0. The maximum absolute atomic E-state index is 5.84. The van der Waals surface area contributed by atoms with E-state index in [0.29, 0.717) is 12.0 Å².